The molecule has 0 radical (unpaired) electrons. The lowest BCUT2D eigenvalue weighted by Gasteiger charge is -2.21. The number of nitrogens with one attached hydrogen (secondary N) is 1. The van der Waals surface area contributed by atoms with Gasteiger partial charge in [-0.25, -0.2) is 0 Å². The average Bonchev–Trinajstić information content (AvgIpc) is 2.27. The smallest absolute Gasteiger partial charge is 0.0375 e. The molecular weight excluding hydrogens is 170 g/mol. The third kappa shape index (κ3) is 1.77. The summed E-state index contributed by atoms with van der Waals surface area (Å²) < 4.78 is 0. The molecule has 1 heterocycles. The molecule has 1 aromatic rings. The van der Waals surface area contributed by atoms with Crippen LogP contribution in [0.1, 0.15) is 31.4 Å². The van der Waals surface area contributed by atoms with Gasteiger partial charge in [-0.15, -0.1) is 0 Å². The third-order valence-corrected chi connectivity index (χ3v) is 3.22. The Labute approximate surface area is 86.5 Å². The summed E-state index contributed by atoms with van der Waals surface area (Å²) in [6.07, 6.45) is 2.49. The predicted octanol–water partition coefficient (Wildman–Crippen LogP) is 3.38. The minimum atomic E-state index is 0.422. The van der Waals surface area contributed by atoms with Crippen molar-refractivity contribution in [3.8, 4) is 0 Å². The second-order valence-corrected chi connectivity index (χ2v) is 5.12. The molecule has 1 nitrogen and oxygen atoms in total. The molecule has 0 fully saturated rings. The number of hydrogen-bond donors (Lipinski definition) is 1. The van der Waals surface area contributed by atoms with Crippen molar-refractivity contribution in [1.29, 1.82) is 0 Å². The molecule has 0 atom stereocenters. The molecule has 0 saturated carbocycles. The highest BCUT2D eigenvalue weighted by atomic mass is 14.9. The van der Waals surface area contributed by atoms with Crippen LogP contribution in [0.5, 0.6) is 0 Å². The average molecular weight is 189 g/mol. The zero-order valence-electron chi connectivity index (χ0n) is 9.35. The van der Waals surface area contributed by atoms with Crippen LogP contribution in [-0.2, 0) is 6.42 Å². The van der Waals surface area contributed by atoms with E-state index in [1.54, 1.807) is 0 Å². The molecule has 0 aromatic heterocycles. The summed E-state index contributed by atoms with van der Waals surface area (Å²) in [4.78, 5) is 0. The fourth-order valence-corrected chi connectivity index (χ4v) is 2.09. The monoisotopic (exact) mass is 189 g/mol. The Balaban J connectivity index is 2.34. The van der Waals surface area contributed by atoms with Crippen molar-refractivity contribution in [3.63, 3.8) is 0 Å². The third-order valence-electron chi connectivity index (χ3n) is 3.22. The quantitative estimate of drug-likeness (QED) is 0.659. The van der Waals surface area contributed by atoms with Gasteiger partial charge >= 0.3 is 0 Å². The predicted molar refractivity (Wildman–Crippen MR) is 61.8 cm³/mol. The van der Waals surface area contributed by atoms with Crippen LogP contribution in [0.15, 0.2) is 18.2 Å². The minimum Gasteiger partial charge on any atom is -0.384 e. The molecule has 1 heteroatoms. The zero-order chi connectivity index (χ0) is 10.2. The van der Waals surface area contributed by atoms with Crippen LogP contribution in [0.2, 0.25) is 0 Å². The molecule has 1 aliphatic heterocycles. The molecule has 1 N–H and O–H groups in total. The van der Waals surface area contributed by atoms with E-state index in [0.29, 0.717) is 5.41 Å². The van der Waals surface area contributed by atoms with E-state index in [4.69, 9.17) is 0 Å². The lowest BCUT2D eigenvalue weighted by Crippen LogP contribution is -2.21. The standard InChI is InChI=1S/C13H19N/c1-10-5-4-6-12-11(10)7-8-13(2,3)9-14-12/h4-6,14H,7-9H2,1-3H3. The van der Waals surface area contributed by atoms with Crippen LogP contribution in [-0.4, -0.2) is 6.54 Å². The molecule has 0 saturated heterocycles. The Morgan fingerprint density at radius 2 is 2.07 bits per heavy atom. The molecule has 2 rings (SSSR count). The van der Waals surface area contributed by atoms with Crippen molar-refractivity contribution in [2.45, 2.75) is 33.6 Å². The van der Waals surface area contributed by atoms with E-state index in [-0.39, 0.29) is 0 Å². The minimum absolute atomic E-state index is 0.422. The fraction of sp³-hybridized carbons (Fsp3) is 0.538. The highest BCUT2D eigenvalue weighted by Crippen LogP contribution is 2.31. The van der Waals surface area contributed by atoms with Gasteiger partial charge < -0.3 is 5.32 Å². The summed E-state index contributed by atoms with van der Waals surface area (Å²) in [6, 6.07) is 6.54. The molecule has 0 aliphatic carbocycles. The van der Waals surface area contributed by atoms with E-state index in [2.05, 4.69) is 44.3 Å². The van der Waals surface area contributed by atoms with E-state index >= 15 is 0 Å². The highest BCUT2D eigenvalue weighted by molar-refractivity contribution is 5.55. The highest BCUT2D eigenvalue weighted by Gasteiger charge is 2.22. The molecular formula is C13H19N. The van der Waals surface area contributed by atoms with Gasteiger partial charge in [-0.05, 0) is 42.4 Å². The summed E-state index contributed by atoms with van der Waals surface area (Å²) in [5, 5.41) is 3.56. The number of aryl methyl sites for hydroxylation is 1. The van der Waals surface area contributed by atoms with Gasteiger partial charge in [-0.1, -0.05) is 26.0 Å². The Morgan fingerprint density at radius 3 is 2.86 bits per heavy atom. The first-order valence-electron chi connectivity index (χ1n) is 5.41. The first-order chi connectivity index (χ1) is 6.58. The van der Waals surface area contributed by atoms with Gasteiger partial charge in [-0.3, -0.25) is 0 Å². The Kier molecular flexibility index (Phi) is 2.26. The van der Waals surface area contributed by atoms with Gasteiger partial charge in [0.15, 0.2) is 0 Å². The Bertz CT molecular complexity index is 339. The number of anilines is 1. The Hall–Kier alpha value is -0.980. The molecule has 14 heavy (non-hydrogen) atoms. The first kappa shape index (κ1) is 9.57. The van der Waals surface area contributed by atoms with Crippen molar-refractivity contribution in [2.24, 2.45) is 5.41 Å². The number of benzene rings is 1. The molecule has 0 bridgehead atoms. The van der Waals surface area contributed by atoms with Gasteiger partial charge in [0.1, 0.15) is 0 Å². The van der Waals surface area contributed by atoms with Crippen LogP contribution in [0, 0.1) is 12.3 Å². The van der Waals surface area contributed by atoms with E-state index in [0.717, 1.165) is 6.54 Å². The van der Waals surface area contributed by atoms with Crippen LogP contribution >= 0.6 is 0 Å². The van der Waals surface area contributed by atoms with Crippen LogP contribution < -0.4 is 5.32 Å². The maximum absolute atomic E-state index is 3.56. The zero-order valence-corrected chi connectivity index (χ0v) is 9.35. The maximum Gasteiger partial charge on any atom is 0.0375 e. The molecule has 76 valence electrons. The van der Waals surface area contributed by atoms with E-state index in [1.165, 1.54) is 29.7 Å². The molecule has 0 unspecified atom stereocenters. The van der Waals surface area contributed by atoms with E-state index < -0.39 is 0 Å². The molecule has 1 aliphatic rings. The van der Waals surface area contributed by atoms with Gasteiger partial charge in [0.05, 0.1) is 0 Å². The lowest BCUT2D eigenvalue weighted by atomic mass is 9.87. The van der Waals surface area contributed by atoms with Crippen LogP contribution in [0.25, 0.3) is 0 Å². The van der Waals surface area contributed by atoms with Crippen molar-refractivity contribution in [3.05, 3.63) is 29.3 Å². The van der Waals surface area contributed by atoms with Gasteiger partial charge in [0.25, 0.3) is 0 Å². The van der Waals surface area contributed by atoms with Gasteiger partial charge in [0, 0.05) is 12.2 Å². The summed E-state index contributed by atoms with van der Waals surface area (Å²) in [6.45, 7) is 7.96. The molecule has 1 aromatic carbocycles. The van der Waals surface area contributed by atoms with E-state index in [9.17, 15) is 0 Å². The second-order valence-electron chi connectivity index (χ2n) is 5.12. The number of rotatable bonds is 0. The number of fused-ring (bicyclic) bond motifs is 1. The summed E-state index contributed by atoms with van der Waals surface area (Å²) in [7, 11) is 0. The van der Waals surface area contributed by atoms with Crippen molar-refractivity contribution in [2.75, 3.05) is 11.9 Å². The van der Waals surface area contributed by atoms with Crippen LogP contribution in [0.4, 0.5) is 5.69 Å². The van der Waals surface area contributed by atoms with Crippen molar-refractivity contribution >= 4 is 5.69 Å². The SMILES string of the molecule is Cc1cccc2c1CCC(C)(C)CN2. The second kappa shape index (κ2) is 3.30. The first-order valence-corrected chi connectivity index (χ1v) is 5.41. The van der Waals surface area contributed by atoms with Crippen molar-refractivity contribution in [1.82, 2.24) is 0 Å². The largest absolute Gasteiger partial charge is 0.384 e. The Morgan fingerprint density at radius 1 is 1.29 bits per heavy atom. The molecule has 0 spiro atoms. The summed E-state index contributed by atoms with van der Waals surface area (Å²) in [5.74, 6) is 0. The molecule has 0 amide bonds. The maximum atomic E-state index is 3.56. The fourth-order valence-electron chi connectivity index (χ4n) is 2.09. The normalized spacial score (nSPS) is 19.4. The number of hydrogen-bond acceptors (Lipinski definition) is 1. The summed E-state index contributed by atoms with van der Waals surface area (Å²) >= 11 is 0. The van der Waals surface area contributed by atoms with Crippen LogP contribution in [0.3, 0.4) is 0 Å². The van der Waals surface area contributed by atoms with Gasteiger partial charge in [-0.2, -0.15) is 0 Å². The topological polar surface area (TPSA) is 12.0 Å². The summed E-state index contributed by atoms with van der Waals surface area (Å²) in [5.41, 5.74) is 4.70. The van der Waals surface area contributed by atoms with Gasteiger partial charge in [0.2, 0.25) is 0 Å². The van der Waals surface area contributed by atoms with E-state index in [1.807, 2.05) is 0 Å². The van der Waals surface area contributed by atoms with Crippen molar-refractivity contribution < 1.29 is 0 Å². The lowest BCUT2D eigenvalue weighted by molar-refractivity contribution is 0.365.